The van der Waals surface area contributed by atoms with Crippen molar-refractivity contribution in [3.63, 3.8) is 0 Å². The van der Waals surface area contributed by atoms with E-state index >= 15 is 0 Å². The zero-order valence-electron chi connectivity index (χ0n) is 12.5. The minimum Gasteiger partial charge on any atom is -0.489 e. The van der Waals surface area contributed by atoms with Crippen LogP contribution in [0.25, 0.3) is 6.08 Å². The second-order valence-corrected chi connectivity index (χ2v) is 5.07. The highest BCUT2D eigenvalue weighted by Crippen LogP contribution is 2.20. The lowest BCUT2D eigenvalue weighted by Crippen LogP contribution is -2.02. The zero-order valence-corrected chi connectivity index (χ0v) is 12.5. The predicted octanol–water partition coefficient (Wildman–Crippen LogP) is 3.72. The van der Waals surface area contributed by atoms with E-state index < -0.39 is 5.97 Å². The number of halogens is 1. The van der Waals surface area contributed by atoms with Crippen molar-refractivity contribution in [2.45, 2.75) is 13.5 Å². The van der Waals surface area contributed by atoms with Crippen LogP contribution in [0, 0.1) is 5.82 Å². The number of benzene rings is 2. The molecule has 1 heterocycles. The van der Waals surface area contributed by atoms with Gasteiger partial charge in [0.25, 0.3) is 0 Å². The third kappa shape index (κ3) is 3.45. The molecule has 4 nitrogen and oxygen atoms in total. The topological polar surface area (TPSA) is 47.9 Å². The molecular formula is C18H14FNO3. The highest BCUT2D eigenvalue weighted by Gasteiger charge is 2.21. The molecule has 0 aliphatic carbocycles. The van der Waals surface area contributed by atoms with E-state index in [-0.39, 0.29) is 12.4 Å². The molecule has 116 valence electrons. The summed E-state index contributed by atoms with van der Waals surface area (Å²) in [6.07, 6.45) is 1.68. The Morgan fingerprint density at radius 3 is 2.78 bits per heavy atom. The molecule has 2 aromatic rings. The van der Waals surface area contributed by atoms with Gasteiger partial charge in [0, 0.05) is 5.56 Å². The molecule has 0 N–H and O–H groups in total. The fraction of sp³-hybridized carbons (Fsp3) is 0.111. The van der Waals surface area contributed by atoms with Crippen molar-refractivity contribution in [3.8, 4) is 5.75 Å². The van der Waals surface area contributed by atoms with Gasteiger partial charge in [-0.05, 0) is 36.8 Å². The Hall–Kier alpha value is -2.95. The third-order valence-corrected chi connectivity index (χ3v) is 3.40. The Bertz CT molecular complexity index is 811. The van der Waals surface area contributed by atoms with E-state index in [4.69, 9.17) is 4.74 Å². The van der Waals surface area contributed by atoms with Gasteiger partial charge in [-0.25, -0.2) is 9.18 Å². The normalized spacial score (nSPS) is 15.5. The van der Waals surface area contributed by atoms with Crippen molar-refractivity contribution in [2.24, 2.45) is 5.16 Å². The van der Waals surface area contributed by atoms with Gasteiger partial charge in [0.15, 0.2) is 0 Å². The van der Waals surface area contributed by atoms with E-state index in [9.17, 15) is 9.18 Å². The summed E-state index contributed by atoms with van der Waals surface area (Å²) >= 11 is 0. The second kappa shape index (κ2) is 6.44. The summed E-state index contributed by atoms with van der Waals surface area (Å²) in [4.78, 5) is 16.2. The molecule has 23 heavy (non-hydrogen) atoms. The quantitative estimate of drug-likeness (QED) is 0.638. The van der Waals surface area contributed by atoms with Crippen LogP contribution < -0.4 is 4.74 Å². The lowest BCUT2D eigenvalue weighted by atomic mass is 10.1. The van der Waals surface area contributed by atoms with E-state index in [2.05, 4.69) is 9.99 Å². The van der Waals surface area contributed by atoms with Crippen molar-refractivity contribution in [1.29, 1.82) is 0 Å². The van der Waals surface area contributed by atoms with Crippen molar-refractivity contribution >= 4 is 17.8 Å². The predicted molar refractivity (Wildman–Crippen MR) is 84.4 cm³/mol. The first-order valence-corrected chi connectivity index (χ1v) is 7.08. The summed E-state index contributed by atoms with van der Waals surface area (Å²) in [5.41, 5.74) is 2.21. The van der Waals surface area contributed by atoms with E-state index in [1.807, 2.05) is 6.07 Å². The van der Waals surface area contributed by atoms with Gasteiger partial charge in [0.1, 0.15) is 18.2 Å². The first kappa shape index (κ1) is 15.0. The van der Waals surface area contributed by atoms with E-state index in [0.717, 1.165) is 5.56 Å². The molecule has 0 aromatic heterocycles. The average molecular weight is 311 g/mol. The minimum atomic E-state index is -0.472. The Balaban J connectivity index is 1.76. The first-order valence-electron chi connectivity index (χ1n) is 7.08. The van der Waals surface area contributed by atoms with Gasteiger partial charge in [0.05, 0.1) is 11.3 Å². The number of carbonyl (C=O) groups excluding carboxylic acids is 1. The average Bonchev–Trinajstić information content (AvgIpc) is 2.86. The van der Waals surface area contributed by atoms with Crippen LogP contribution in [-0.4, -0.2) is 11.7 Å². The second-order valence-electron chi connectivity index (χ2n) is 5.07. The van der Waals surface area contributed by atoms with Gasteiger partial charge in [-0.1, -0.05) is 35.5 Å². The van der Waals surface area contributed by atoms with Crippen molar-refractivity contribution in [3.05, 3.63) is 71.0 Å². The number of hydrogen-bond acceptors (Lipinski definition) is 4. The van der Waals surface area contributed by atoms with Crippen LogP contribution >= 0.6 is 0 Å². The molecule has 3 rings (SSSR count). The number of ether oxygens (including phenoxy) is 1. The SMILES string of the molecule is CC1=NOC(=O)/C1=C/c1cccc(OCc2ccccc2F)c1. The van der Waals surface area contributed by atoms with E-state index in [1.54, 1.807) is 49.4 Å². The summed E-state index contributed by atoms with van der Waals surface area (Å²) in [6, 6.07) is 13.6. The van der Waals surface area contributed by atoms with Crippen LogP contribution in [0.2, 0.25) is 0 Å². The number of carbonyl (C=O) groups is 1. The first-order chi connectivity index (χ1) is 11.1. The molecule has 0 bridgehead atoms. The monoisotopic (exact) mass is 311 g/mol. The maximum atomic E-state index is 13.6. The number of rotatable bonds is 4. The fourth-order valence-corrected chi connectivity index (χ4v) is 2.16. The van der Waals surface area contributed by atoms with Crippen LogP contribution in [0.5, 0.6) is 5.75 Å². The molecule has 0 unspecified atom stereocenters. The molecule has 2 aromatic carbocycles. The highest BCUT2D eigenvalue weighted by atomic mass is 19.1. The van der Waals surface area contributed by atoms with Gasteiger partial charge in [0.2, 0.25) is 0 Å². The largest absolute Gasteiger partial charge is 0.489 e. The van der Waals surface area contributed by atoms with Crippen molar-refractivity contribution < 1.29 is 18.8 Å². The van der Waals surface area contributed by atoms with Crippen LogP contribution in [0.15, 0.2) is 59.3 Å². The maximum Gasteiger partial charge on any atom is 0.367 e. The molecule has 0 saturated carbocycles. The van der Waals surface area contributed by atoms with Gasteiger partial charge in [-0.3, -0.25) is 0 Å². The van der Waals surface area contributed by atoms with Gasteiger partial charge in [-0.15, -0.1) is 0 Å². The number of hydrogen-bond donors (Lipinski definition) is 0. The minimum absolute atomic E-state index is 0.134. The molecular weight excluding hydrogens is 297 g/mol. The Morgan fingerprint density at radius 2 is 2.04 bits per heavy atom. The maximum absolute atomic E-state index is 13.6. The van der Waals surface area contributed by atoms with Crippen LogP contribution in [-0.2, 0) is 16.2 Å². The van der Waals surface area contributed by atoms with Gasteiger partial charge >= 0.3 is 5.97 Å². The van der Waals surface area contributed by atoms with Crippen LogP contribution in [0.4, 0.5) is 4.39 Å². The summed E-state index contributed by atoms with van der Waals surface area (Å²) in [6.45, 7) is 1.84. The molecule has 0 spiro atoms. The highest BCUT2D eigenvalue weighted by molar-refractivity contribution is 6.24. The van der Waals surface area contributed by atoms with Gasteiger partial charge in [-0.2, -0.15) is 0 Å². The third-order valence-electron chi connectivity index (χ3n) is 3.40. The van der Waals surface area contributed by atoms with Crippen LogP contribution in [0.1, 0.15) is 18.1 Å². The molecule has 0 radical (unpaired) electrons. The van der Waals surface area contributed by atoms with Gasteiger partial charge < -0.3 is 9.57 Å². The van der Waals surface area contributed by atoms with Crippen molar-refractivity contribution in [2.75, 3.05) is 0 Å². The molecule has 0 amide bonds. The standard InChI is InChI=1S/C18H14FNO3/c1-12-16(18(21)23-20-12)10-13-5-4-7-15(9-13)22-11-14-6-2-3-8-17(14)19/h2-10H,11H2,1H3/b16-10+. The molecule has 5 heteroatoms. The number of oxime groups is 1. The summed E-state index contributed by atoms with van der Waals surface area (Å²) in [5.74, 6) is -0.185. The fourth-order valence-electron chi connectivity index (χ4n) is 2.16. The lowest BCUT2D eigenvalue weighted by molar-refractivity contribution is -0.136. The zero-order chi connectivity index (χ0) is 16.2. The smallest absolute Gasteiger partial charge is 0.367 e. The Kier molecular flexibility index (Phi) is 4.19. The summed E-state index contributed by atoms with van der Waals surface area (Å²) in [5, 5.41) is 3.63. The van der Waals surface area contributed by atoms with E-state index in [1.165, 1.54) is 6.07 Å². The summed E-state index contributed by atoms with van der Waals surface area (Å²) < 4.78 is 19.2. The summed E-state index contributed by atoms with van der Waals surface area (Å²) in [7, 11) is 0. The lowest BCUT2D eigenvalue weighted by Gasteiger charge is -2.08. The molecule has 1 aliphatic rings. The van der Waals surface area contributed by atoms with Crippen molar-refractivity contribution in [1.82, 2.24) is 0 Å². The van der Waals surface area contributed by atoms with Crippen LogP contribution in [0.3, 0.4) is 0 Å². The molecule has 1 aliphatic heterocycles. The number of nitrogens with zero attached hydrogens (tertiary/aromatic N) is 1. The molecule has 0 fully saturated rings. The van der Waals surface area contributed by atoms with E-state index in [0.29, 0.717) is 22.6 Å². The molecule has 0 atom stereocenters. The molecule has 0 saturated heterocycles. The Labute approximate surface area is 132 Å². The Morgan fingerprint density at radius 1 is 1.22 bits per heavy atom.